The summed E-state index contributed by atoms with van der Waals surface area (Å²) in [7, 11) is 0. The molecule has 1 aromatic heterocycles. The highest BCUT2D eigenvalue weighted by Gasteiger charge is 2.31. The number of rotatable bonds is 5. The number of benzene rings is 1. The number of halogens is 4. The second-order valence-corrected chi connectivity index (χ2v) is 5.48. The molecular weight excluding hydrogens is 354 g/mol. The first kappa shape index (κ1) is 19.5. The van der Waals surface area contributed by atoms with Crippen molar-refractivity contribution in [3.05, 3.63) is 58.4 Å². The maximum Gasteiger partial charge on any atom is 0.416 e. The van der Waals surface area contributed by atoms with Gasteiger partial charge in [0.25, 0.3) is 5.91 Å². The molecular formula is C17H15F4N3O2. The molecule has 9 heteroatoms. The van der Waals surface area contributed by atoms with Gasteiger partial charge in [-0.25, -0.2) is 14.4 Å². The molecule has 5 nitrogen and oxygen atoms in total. The molecule has 0 bridgehead atoms. The van der Waals surface area contributed by atoms with Crippen LogP contribution in [-0.4, -0.2) is 21.7 Å². The number of ketones is 1. The number of aryl methyl sites for hydroxylation is 1. The van der Waals surface area contributed by atoms with Crippen molar-refractivity contribution in [1.82, 2.24) is 15.3 Å². The van der Waals surface area contributed by atoms with Crippen LogP contribution in [0.4, 0.5) is 17.6 Å². The monoisotopic (exact) mass is 369 g/mol. The van der Waals surface area contributed by atoms with Crippen LogP contribution in [0.15, 0.2) is 24.3 Å². The summed E-state index contributed by atoms with van der Waals surface area (Å²) in [6.45, 7) is 2.72. The summed E-state index contributed by atoms with van der Waals surface area (Å²) in [6.07, 6.45) is -4.47. The first-order valence-electron chi connectivity index (χ1n) is 7.64. The largest absolute Gasteiger partial charge is 0.416 e. The van der Waals surface area contributed by atoms with Crippen molar-refractivity contribution < 1.29 is 27.2 Å². The fraction of sp³-hybridized carbons (Fsp3) is 0.294. The number of nitrogens with one attached hydrogen (secondary N) is 1. The molecule has 1 heterocycles. The van der Waals surface area contributed by atoms with Gasteiger partial charge in [-0.3, -0.25) is 9.59 Å². The van der Waals surface area contributed by atoms with E-state index in [2.05, 4.69) is 15.3 Å². The van der Waals surface area contributed by atoms with E-state index < -0.39 is 30.0 Å². The zero-order valence-corrected chi connectivity index (χ0v) is 13.9. The molecule has 138 valence electrons. The quantitative estimate of drug-likeness (QED) is 0.647. The molecule has 0 radical (unpaired) electrons. The number of aromatic nitrogens is 2. The lowest BCUT2D eigenvalue weighted by Gasteiger charge is -2.11. The maximum absolute atomic E-state index is 13.7. The van der Waals surface area contributed by atoms with Crippen molar-refractivity contribution in [3.8, 4) is 0 Å². The van der Waals surface area contributed by atoms with Gasteiger partial charge in [-0.15, -0.1) is 0 Å². The van der Waals surface area contributed by atoms with Crippen LogP contribution in [0.2, 0.25) is 0 Å². The number of amides is 1. The van der Waals surface area contributed by atoms with Gasteiger partial charge in [-0.1, -0.05) is 6.92 Å². The van der Waals surface area contributed by atoms with Crippen molar-refractivity contribution in [2.24, 2.45) is 0 Å². The summed E-state index contributed by atoms with van der Waals surface area (Å²) >= 11 is 0. The lowest BCUT2D eigenvalue weighted by Crippen LogP contribution is -2.26. The molecule has 0 saturated carbocycles. The van der Waals surface area contributed by atoms with Crippen LogP contribution in [0, 0.1) is 12.7 Å². The molecule has 2 aromatic rings. The zero-order chi connectivity index (χ0) is 19.5. The third kappa shape index (κ3) is 4.62. The van der Waals surface area contributed by atoms with Gasteiger partial charge in [0.1, 0.15) is 11.5 Å². The highest BCUT2D eigenvalue weighted by Crippen LogP contribution is 2.30. The number of hydrogen-bond donors (Lipinski definition) is 1. The van der Waals surface area contributed by atoms with Crippen LogP contribution in [0.3, 0.4) is 0 Å². The van der Waals surface area contributed by atoms with Gasteiger partial charge in [0.05, 0.1) is 5.56 Å². The van der Waals surface area contributed by atoms with Crippen molar-refractivity contribution in [2.45, 2.75) is 33.0 Å². The van der Waals surface area contributed by atoms with E-state index >= 15 is 0 Å². The topological polar surface area (TPSA) is 72.0 Å². The van der Waals surface area contributed by atoms with Gasteiger partial charge in [0, 0.05) is 24.2 Å². The van der Waals surface area contributed by atoms with Crippen LogP contribution in [0.1, 0.15) is 51.3 Å². The second-order valence-electron chi connectivity index (χ2n) is 5.48. The normalized spacial score (nSPS) is 11.3. The SMILES string of the molecule is CCC(=O)c1nc(C)cc(C(=O)NCc2cc(C(F)(F)F)ccc2F)n1. The van der Waals surface area contributed by atoms with Crippen LogP contribution in [-0.2, 0) is 12.7 Å². The van der Waals surface area contributed by atoms with E-state index in [0.717, 1.165) is 0 Å². The molecule has 0 aliphatic heterocycles. The average Bonchev–Trinajstić information content (AvgIpc) is 2.58. The highest BCUT2D eigenvalue weighted by molar-refractivity contribution is 5.96. The van der Waals surface area contributed by atoms with Gasteiger partial charge in [-0.05, 0) is 31.2 Å². The molecule has 0 spiro atoms. The molecule has 0 saturated heterocycles. The average molecular weight is 369 g/mol. The Morgan fingerprint density at radius 3 is 2.46 bits per heavy atom. The van der Waals surface area contributed by atoms with Gasteiger partial charge < -0.3 is 5.32 Å². The minimum Gasteiger partial charge on any atom is -0.347 e. The van der Waals surface area contributed by atoms with Crippen molar-refractivity contribution in [3.63, 3.8) is 0 Å². The lowest BCUT2D eigenvalue weighted by atomic mass is 10.1. The highest BCUT2D eigenvalue weighted by atomic mass is 19.4. The molecule has 0 fully saturated rings. The van der Waals surface area contributed by atoms with Crippen LogP contribution >= 0.6 is 0 Å². The summed E-state index contributed by atoms with van der Waals surface area (Å²) < 4.78 is 51.8. The molecule has 0 aliphatic rings. The third-order valence-electron chi connectivity index (χ3n) is 3.47. The first-order valence-corrected chi connectivity index (χ1v) is 7.64. The fourth-order valence-electron chi connectivity index (χ4n) is 2.12. The van der Waals surface area contributed by atoms with Gasteiger partial charge >= 0.3 is 6.18 Å². The van der Waals surface area contributed by atoms with E-state index in [1.807, 2.05) is 0 Å². The van der Waals surface area contributed by atoms with Gasteiger partial charge in [-0.2, -0.15) is 13.2 Å². The van der Waals surface area contributed by atoms with Crippen molar-refractivity contribution >= 4 is 11.7 Å². The van der Waals surface area contributed by atoms with Crippen molar-refractivity contribution in [1.29, 1.82) is 0 Å². The van der Waals surface area contributed by atoms with Gasteiger partial charge in [0.15, 0.2) is 11.6 Å². The van der Waals surface area contributed by atoms with Gasteiger partial charge in [0.2, 0.25) is 0 Å². The number of carbonyl (C=O) groups is 2. The molecule has 1 N–H and O–H groups in total. The van der Waals surface area contributed by atoms with E-state index in [0.29, 0.717) is 23.9 Å². The maximum atomic E-state index is 13.7. The molecule has 0 aliphatic carbocycles. The number of nitrogens with zero attached hydrogens (tertiary/aromatic N) is 2. The lowest BCUT2D eigenvalue weighted by molar-refractivity contribution is -0.137. The summed E-state index contributed by atoms with van der Waals surface area (Å²) in [5.74, 6) is -2.11. The Morgan fingerprint density at radius 1 is 1.15 bits per heavy atom. The fourth-order valence-corrected chi connectivity index (χ4v) is 2.12. The van der Waals surface area contributed by atoms with Crippen LogP contribution < -0.4 is 5.32 Å². The second kappa shape index (κ2) is 7.59. The smallest absolute Gasteiger partial charge is 0.347 e. The Morgan fingerprint density at radius 2 is 1.85 bits per heavy atom. The Labute approximate surface area is 146 Å². The van der Waals surface area contributed by atoms with E-state index in [1.54, 1.807) is 13.8 Å². The Bertz CT molecular complexity index is 850. The minimum atomic E-state index is -4.62. The number of carbonyl (C=O) groups excluding carboxylic acids is 2. The molecule has 1 amide bonds. The Kier molecular flexibility index (Phi) is 5.69. The molecule has 26 heavy (non-hydrogen) atoms. The Hall–Kier alpha value is -2.84. The number of hydrogen-bond acceptors (Lipinski definition) is 4. The third-order valence-corrected chi connectivity index (χ3v) is 3.47. The van der Waals surface area contributed by atoms with E-state index in [9.17, 15) is 27.2 Å². The summed E-state index contributed by atoms with van der Waals surface area (Å²) in [5, 5.41) is 2.30. The molecule has 1 aromatic carbocycles. The van der Waals surface area contributed by atoms with E-state index in [-0.39, 0.29) is 29.3 Å². The Balaban J connectivity index is 2.19. The van der Waals surface area contributed by atoms with E-state index in [1.165, 1.54) is 6.07 Å². The minimum absolute atomic E-state index is 0.122. The predicted octanol–water partition coefficient (Wildman–Crippen LogP) is 3.47. The predicted molar refractivity (Wildman–Crippen MR) is 84.0 cm³/mol. The van der Waals surface area contributed by atoms with Crippen LogP contribution in [0.25, 0.3) is 0 Å². The van der Waals surface area contributed by atoms with Crippen LogP contribution in [0.5, 0.6) is 0 Å². The van der Waals surface area contributed by atoms with Crippen molar-refractivity contribution in [2.75, 3.05) is 0 Å². The standard InChI is InChI=1S/C17H15F4N3O2/c1-3-14(25)15-23-9(2)6-13(24-15)16(26)22-8-10-7-11(17(19,20)21)4-5-12(10)18/h4-7H,3,8H2,1-2H3,(H,22,26). The summed E-state index contributed by atoms with van der Waals surface area (Å²) in [4.78, 5) is 31.6. The number of Topliss-reactive ketones (excluding diaryl/α,β-unsaturated/α-hetero) is 1. The van der Waals surface area contributed by atoms with E-state index in [4.69, 9.17) is 0 Å². The molecule has 2 rings (SSSR count). The first-order chi connectivity index (χ1) is 12.1. The molecule has 0 atom stereocenters. The molecule has 0 unspecified atom stereocenters. The summed E-state index contributed by atoms with van der Waals surface area (Å²) in [6, 6.07) is 3.27. The number of alkyl halides is 3. The summed E-state index contributed by atoms with van der Waals surface area (Å²) in [5.41, 5.74) is -1.07. The zero-order valence-electron chi connectivity index (χ0n) is 13.9.